The Morgan fingerprint density at radius 2 is 1.89 bits per heavy atom. The molecule has 1 fully saturated rings. The highest BCUT2D eigenvalue weighted by molar-refractivity contribution is 7.90. The minimum Gasteiger partial charge on any atom is -0.357 e. The molecule has 4 aromatic heterocycles. The van der Waals surface area contributed by atoms with Gasteiger partial charge in [-0.1, -0.05) is 17.7 Å². The number of hydrogen-bond acceptors (Lipinski definition) is 8. The number of anilines is 1. The SMILES string of the molecule is Cc1ccc(S(=O)(=O)n2ccc3c2ncc2nnc([C@@H]4CC[C@H](N(C)c5cc(C#N)ccn5)C4)n23)cc1. The Kier molecular flexibility index (Phi) is 5.42. The van der Waals surface area contributed by atoms with Gasteiger partial charge in [0.05, 0.1) is 28.2 Å². The van der Waals surface area contributed by atoms with Crippen LogP contribution in [-0.2, 0) is 10.0 Å². The quantitative estimate of drug-likeness (QED) is 0.350. The number of benzene rings is 1. The van der Waals surface area contributed by atoms with Crippen LogP contribution >= 0.6 is 0 Å². The predicted molar refractivity (Wildman–Crippen MR) is 138 cm³/mol. The molecule has 1 aromatic carbocycles. The zero-order valence-electron chi connectivity index (χ0n) is 20.4. The molecular weight excluding hydrogens is 488 g/mol. The molecule has 37 heavy (non-hydrogen) atoms. The van der Waals surface area contributed by atoms with E-state index in [1.165, 1.54) is 10.2 Å². The summed E-state index contributed by atoms with van der Waals surface area (Å²) < 4.78 is 29.9. The fourth-order valence-electron chi connectivity index (χ4n) is 5.15. The molecule has 10 nitrogen and oxygen atoms in total. The summed E-state index contributed by atoms with van der Waals surface area (Å²) in [6, 6.07) is 14.4. The summed E-state index contributed by atoms with van der Waals surface area (Å²) in [5, 5.41) is 18.1. The third-order valence-corrected chi connectivity index (χ3v) is 8.87. The maximum Gasteiger partial charge on any atom is 0.269 e. The lowest BCUT2D eigenvalue weighted by Crippen LogP contribution is -2.30. The van der Waals surface area contributed by atoms with E-state index >= 15 is 0 Å². The third kappa shape index (κ3) is 3.81. The van der Waals surface area contributed by atoms with Crippen LogP contribution in [-0.4, -0.2) is 50.0 Å². The summed E-state index contributed by atoms with van der Waals surface area (Å²) in [5.74, 6) is 1.69. The van der Waals surface area contributed by atoms with E-state index in [1.807, 2.05) is 18.4 Å². The first-order valence-electron chi connectivity index (χ1n) is 12.0. The molecule has 1 aliphatic carbocycles. The molecule has 0 spiro atoms. The van der Waals surface area contributed by atoms with E-state index in [2.05, 4.69) is 31.1 Å². The van der Waals surface area contributed by atoms with Gasteiger partial charge < -0.3 is 4.90 Å². The Labute approximate surface area is 213 Å². The maximum absolute atomic E-state index is 13.4. The van der Waals surface area contributed by atoms with Gasteiger partial charge in [-0.15, -0.1) is 10.2 Å². The Hall–Kier alpha value is -4.30. The molecule has 186 valence electrons. The fraction of sp³-hybridized carbons (Fsp3) is 0.269. The first-order valence-corrected chi connectivity index (χ1v) is 13.4. The molecule has 1 saturated carbocycles. The highest BCUT2D eigenvalue weighted by atomic mass is 32.2. The molecule has 2 atom stereocenters. The number of nitrogens with zero attached hydrogens (tertiary/aromatic N) is 8. The molecule has 0 unspecified atom stereocenters. The monoisotopic (exact) mass is 512 g/mol. The summed E-state index contributed by atoms with van der Waals surface area (Å²) in [5.41, 5.74) is 3.12. The van der Waals surface area contributed by atoms with Crippen LogP contribution in [0.3, 0.4) is 0 Å². The van der Waals surface area contributed by atoms with Crippen molar-refractivity contribution in [3.8, 4) is 6.07 Å². The van der Waals surface area contributed by atoms with E-state index in [4.69, 9.17) is 0 Å². The molecule has 0 bridgehead atoms. The van der Waals surface area contributed by atoms with Crippen LogP contribution in [0.15, 0.2) is 66.0 Å². The van der Waals surface area contributed by atoms with Crippen LogP contribution in [0.25, 0.3) is 16.8 Å². The van der Waals surface area contributed by atoms with Crippen molar-refractivity contribution in [1.29, 1.82) is 5.26 Å². The minimum absolute atomic E-state index is 0.129. The van der Waals surface area contributed by atoms with Crippen LogP contribution in [0.2, 0.25) is 0 Å². The van der Waals surface area contributed by atoms with Gasteiger partial charge in [0, 0.05) is 31.4 Å². The molecule has 0 radical (unpaired) electrons. The molecule has 5 aromatic rings. The molecule has 0 aliphatic heterocycles. The lowest BCUT2D eigenvalue weighted by molar-refractivity contribution is 0.588. The molecule has 0 saturated heterocycles. The molecule has 11 heteroatoms. The van der Waals surface area contributed by atoms with Crippen molar-refractivity contribution in [3.05, 3.63) is 78.0 Å². The minimum atomic E-state index is -3.82. The van der Waals surface area contributed by atoms with Crippen molar-refractivity contribution in [2.24, 2.45) is 0 Å². The topological polar surface area (TPSA) is 122 Å². The van der Waals surface area contributed by atoms with Gasteiger partial charge in [0.2, 0.25) is 0 Å². The van der Waals surface area contributed by atoms with Gasteiger partial charge in [0.1, 0.15) is 11.6 Å². The van der Waals surface area contributed by atoms with Crippen molar-refractivity contribution in [1.82, 2.24) is 28.5 Å². The Morgan fingerprint density at radius 1 is 1.08 bits per heavy atom. The number of rotatable bonds is 5. The standard InChI is InChI=1S/C26H24N8O2S/c1-17-3-7-21(8-4-17)37(35,36)33-12-10-22-26(33)29-16-24-30-31-25(34(22)24)19-5-6-20(14-19)32(2)23-13-18(15-27)9-11-28-23/h3-4,7-13,16,19-20H,5-6,14H2,1-2H3/t19-,20+/m1/s1. The highest BCUT2D eigenvalue weighted by Gasteiger charge is 2.33. The van der Waals surface area contributed by atoms with Gasteiger partial charge in [-0.2, -0.15) is 5.26 Å². The second kappa shape index (κ2) is 8.67. The number of hydrogen-bond donors (Lipinski definition) is 0. The van der Waals surface area contributed by atoms with Crippen molar-refractivity contribution >= 4 is 32.7 Å². The molecule has 0 amide bonds. The second-order valence-electron chi connectivity index (χ2n) is 9.44. The number of fused-ring (bicyclic) bond motifs is 3. The highest BCUT2D eigenvalue weighted by Crippen LogP contribution is 2.38. The van der Waals surface area contributed by atoms with Crippen molar-refractivity contribution in [3.63, 3.8) is 0 Å². The van der Waals surface area contributed by atoms with Gasteiger partial charge >= 0.3 is 0 Å². The summed E-state index contributed by atoms with van der Waals surface area (Å²) in [6.07, 6.45) is 7.43. The summed E-state index contributed by atoms with van der Waals surface area (Å²) in [6.45, 7) is 1.92. The van der Waals surface area contributed by atoms with E-state index < -0.39 is 10.0 Å². The van der Waals surface area contributed by atoms with E-state index in [0.29, 0.717) is 22.4 Å². The van der Waals surface area contributed by atoms with Crippen LogP contribution in [0.4, 0.5) is 5.82 Å². The van der Waals surface area contributed by atoms with Crippen LogP contribution in [0, 0.1) is 18.3 Å². The fourth-order valence-corrected chi connectivity index (χ4v) is 6.44. The van der Waals surface area contributed by atoms with Gasteiger partial charge in [0.25, 0.3) is 10.0 Å². The van der Waals surface area contributed by atoms with Crippen LogP contribution in [0.5, 0.6) is 0 Å². The number of nitriles is 1. The number of aromatic nitrogens is 6. The molecule has 6 rings (SSSR count). The average Bonchev–Trinajstić information content (AvgIpc) is 3.66. The zero-order valence-corrected chi connectivity index (χ0v) is 21.2. The third-order valence-electron chi connectivity index (χ3n) is 7.19. The van der Waals surface area contributed by atoms with E-state index in [9.17, 15) is 13.7 Å². The van der Waals surface area contributed by atoms with Crippen molar-refractivity contribution < 1.29 is 8.42 Å². The Morgan fingerprint density at radius 3 is 2.68 bits per heavy atom. The predicted octanol–water partition coefficient (Wildman–Crippen LogP) is 3.66. The normalized spacial score (nSPS) is 17.9. The van der Waals surface area contributed by atoms with E-state index in [0.717, 1.165) is 36.5 Å². The average molecular weight is 513 g/mol. The van der Waals surface area contributed by atoms with E-state index in [-0.39, 0.29) is 16.9 Å². The van der Waals surface area contributed by atoms with Crippen molar-refractivity contribution in [2.75, 3.05) is 11.9 Å². The number of aryl methyl sites for hydroxylation is 1. The molecule has 1 aliphatic rings. The molecule has 0 N–H and O–H groups in total. The van der Waals surface area contributed by atoms with Gasteiger partial charge in [0.15, 0.2) is 11.3 Å². The molecular formula is C26H24N8O2S. The first-order chi connectivity index (χ1) is 17.9. The largest absolute Gasteiger partial charge is 0.357 e. The van der Waals surface area contributed by atoms with Gasteiger partial charge in [-0.3, -0.25) is 4.40 Å². The maximum atomic E-state index is 13.4. The van der Waals surface area contributed by atoms with Gasteiger partial charge in [-0.05, 0) is 56.5 Å². The number of pyridine rings is 1. The Bertz CT molecular complexity index is 1780. The Balaban J connectivity index is 1.35. The zero-order chi connectivity index (χ0) is 25.7. The first kappa shape index (κ1) is 23.1. The van der Waals surface area contributed by atoms with Crippen molar-refractivity contribution in [2.45, 2.75) is 43.0 Å². The van der Waals surface area contributed by atoms with E-state index in [1.54, 1.807) is 54.9 Å². The lowest BCUT2D eigenvalue weighted by atomic mass is 10.1. The van der Waals surface area contributed by atoms with Gasteiger partial charge in [-0.25, -0.2) is 22.4 Å². The van der Waals surface area contributed by atoms with Crippen LogP contribution in [0.1, 0.15) is 42.1 Å². The second-order valence-corrected chi connectivity index (χ2v) is 11.3. The smallest absolute Gasteiger partial charge is 0.269 e. The van der Waals surface area contributed by atoms with Crippen LogP contribution < -0.4 is 4.90 Å². The summed E-state index contributed by atoms with van der Waals surface area (Å²) >= 11 is 0. The molecule has 4 heterocycles. The lowest BCUT2D eigenvalue weighted by Gasteiger charge is -2.25. The summed E-state index contributed by atoms with van der Waals surface area (Å²) in [7, 11) is -1.82. The summed E-state index contributed by atoms with van der Waals surface area (Å²) in [4.78, 5) is 11.2.